The van der Waals surface area contributed by atoms with Gasteiger partial charge in [-0.05, 0) is 37.3 Å². The summed E-state index contributed by atoms with van der Waals surface area (Å²) in [7, 11) is 0. The van der Waals surface area contributed by atoms with Crippen LogP contribution in [-0.2, 0) is 4.79 Å². The lowest BCUT2D eigenvalue weighted by Crippen LogP contribution is -2.51. The number of hydrogen-bond donors (Lipinski definition) is 4. The number of aliphatic hydroxyl groups is 1. The average Bonchev–Trinajstić information content (AvgIpc) is 3.06. The lowest BCUT2D eigenvalue weighted by atomic mass is 10.1. The van der Waals surface area contributed by atoms with Crippen molar-refractivity contribution in [2.75, 3.05) is 0 Å². The number of nitrogens with one attached hydrogen (secondary N) is 2. The highest BCUT2D eigenvalue weighted by molar-refractivity contribution is 5.97. The van der Waals surface area contributed by atoms with Gasteiger partial charge in [-0.2, -0.15) is 5.10 Å². The van der Waals surface area contributed by atoms with Crippen molar-refractivity contribution in [2.24, 2.45) is 0 Å². The van der Waals surface area contributed by atoms with Crippen molar-refractivity contribution in [3.05, 3.63) is 48.3 Å². The van der Waals surface area contributed by atoms with Crippen molar-refractivity contribution < 1.29 is 19.9 Å². The number of carbonyl (C=O) groups excluding carboxylic acids is 2. The lowest BCUT2D eigenvalue weighted by Gasteiger charge is -2.19. The SMILES string of the molecule is C[C@@H](O)[C@H](NC(=O)c1ccc(-n2cccn2)cc1)C(=O)NO. The maximum absolute atomic E-state index is 12.1. The molecule has 0 saturated heterocycles. The molecule has 4 N–H and O–H groups in total. The van der Waals surface area contributed by atoms with E-state index in [2.05, 4.69) is 10.4 Å². The number of nitrogens with zero attached hydrogens (tertiary/aromatic N) is 2. The molecular formula is C14H16N4O4. The first-order valence-electron chi connectivity index (χ1n) is 6.56. The van der Waals surface area contributed by atoms with Crippen LogP contribution in [0, 0.1) is 0 Å². The highest BCUT2D eigenvalue weighted by Crippen LogP contribution is 2.09. The zero-order valence-corrected chi connectivity index (χ0v) is 11.8. The van der Waals surface area contributed by atoms with E-state index in [9.17, 15) is 14.7 Å². The molecule has 0 aliphatic heterocycles. The fraction of sp³-hybridized carbons (Fsp3) is 0.214. The van der Waals surface area contributed by atoms with Crippen LogP contribution in [0.4, 0.5) is 0 Å². The van der Waals surface area contributed by atoms with Gasteiger partial charge < -0.3 is 10.4 Å². The first-order valence-corrected chi connectivity index (χ1v) is 6.56. The Labute approximate surface area is 126 Å². The third-order valence-electron chi connectivity index (χ3n) is 3.06. The van der Waals surface area contributed by atoms with E-state index in [1.807, 2.05) is 0 Å². The number of aliphatic hydroxyl groups excluding tert-OH is 1. The predicted molar refractivity (Wildman–Crippen MR) is 76.4 cm³/mol. The van der Waals surface area contributed by atoms with E-state index >= 15 is 0 Å². The van der Waals surface area contributed by atoms with Crippen molar-refractivity contribution in [2.45, 2.75) is 19.1 Å². The Balaban J connectivity index is 2.11. The van der Waals surface area contributed by atoms with E-state index in [1.165, 1.54) is 12.4 Å². The van der Waals surface area contributed by atoms with Gasteiger partial charge in [0.05, 0.1) is 11.8 Å². The smallest absolute Gasteiger partial charge is 0.268 e. The van der Waals surface area contributed by atoms with Crippen LogP contribution >= 0.6 is 0 Å². The Morgan fingerprint density at radius 3 is 2.45 bits per heavy atom. The fourth-order valence-corrected chi connectivity index (χ4v) is 1.89. The average molecular weight is 304 g/mol. The third-order valence-corrected chi connectivity index (χ3v) is 3.06. The van der Waals surface area contributed by atoms with Crippen LogP contribution in [0.1, 0.15) is 17.3 Å². The molecule has 8 nitrogen and oxygen atoms in total. The molecule has 2 rings (SSSR count). The second-order valence-electron chi connectivity index (χ2n) is 4.67. The van der Waals surface area contributed by atoms with Crippen molar-refractivity contribution >= 4 is 11.8 Å². The second-order valence-corrected chi connectivity index (χ2v) is 4.67. The van der Waals surface area contributed by atoms with Gasteiger partial charge >= 0.3 is 0 Å². The van der Waals surface area contributed by atoms with E-state index in [0.29, 0.717) is 5.56 Å². The molecule has 0 spiro atoms. The molecule has 2 amide bonds. The normalized spacial score (nSPS) is 13.2. The molecule has 0 aliphatic rings. The van der Waals surface area contributed by atoms with Gasteiger partial charge in [0.25, 0.3) is 11.8 Å². The number of aromatic nitrogens is 2. The molecule has 0 radical (unpaired) electrons. The van der Waals surface area contributed by atoms with E-state index in [0.717, 1.165) is 5.69 Å². The molecular weight excluding hydrogens is 288 g/mol. The first kappa shape index (κ1) is 15.7. The predicted octanol–water partition coefficient (Wildman–Crippen LogP) is -0.143. The molecule has 116 valence electrons. The second kappa shape index (κ2) is 6.83. The molecule has 22 heavy (non-hydrogen) atoms. The minimum absolute atomic E-state index is 0.312. The quantitative estimate of drug-likeness (QED) is 0.453. The van der Waals surface area contributed by atoms with Crippen LogP contribution in [-0.4, -0.2) is 44.1 Å². The number of hydroxylamine groups is 1. The summed E-state index contributed by atoms with van der Waals surface area (Å²) >= 11 is 0. The van der Waals surface area contributed by atoms with Crippen molar-refractivity contribution in [1.29, 1.82) is 0 Å². The number of carbonyl (C=O) groups is 2. The Hall–Kier alpha value is -2.71. The third kappa shape index (κ3) is 3.48. The van der Waals surface area contributed by atoms with Gasteiger partial charge in [-0.15, -0.1) is 0 Å². The summed E-state index contributed by atoms with van der Waals surface area (Å²) in [6.45, 7) is 1.33. The van der Waals surface area contributed by atoms with E-state index in [4.69, 9.17) is 5.21 Å². The Morgan fingerprint density at radius 1 is 1.27 bits per heavy atom. The van der Waals surface area contributed by atoms with Crippen LogP contribution in [0.2, 0.25) is 0 Å². The molecule has 0 unspecified atom stereocenters. The summed E-state index contributed by atoms with van der Waals surface area (Å²) in [6.07, 6.45) is 2.25. The summed E-state index contributed by atoms with van der Waals surface area (Å²) in [6, 6.07) is 7.08. The van der Waals surface area contributed by atoms with Gasteiger partial charge in [0.1, 0.15) is 6.04 Å². The topological polar surface area (TPSA) is 116 Å². The molecule has 0 saturated carbocycles. The Kier molecular flexibility index (Phi) is 4.87. The standard InChI is InChI=1S/C14H16N4O4/c1-9(19)12(14(21)17-22)16-13(20)10-3-5-11(6-4-10)18-8-2-7-15-18/h2-9,12,19,22H,1H3,(H,16,20)(H,17,21)/t9-,12+/m1/s1. The monoisotopic (exact) mass is 304 g/mol. The molecule has 0 fully saturated rings. The maximum atomic E-state index is 12.1. The number of hydrogen-bond acceptors (Lipinski definition) is 5. The molecule has 0 bridgehead atoms. The minimum Gasteiger partial charge on any atom is -0.391 e. The summed E-state index contributed by atoms with van der Waals surface area (Å²) in [4.78, 5) is 23.5. The fourth-order valence-electron chi connectivity index (χ4n) is 1.89. The summed E-state index contributed by atoms with van der Waals surface area (Å²) in [5.74, 6) is -1.43. The van der Waals surface area contributed by atoms with Crippen LogP contribution in [0.15, 0.2) is 42.7 Å². The van der Waals surface area contributed by atoms with Gasteiger partial charge in [0.2, 0.25) is 0 Å². The molecule has 2 aromatic rings. The highest BCUT2D eigenvalue weighted by Gasteiger charge is 2.25. The van der Waals surface area contributed by atoms with E-state index < -0.39 is 24.0 Å². The molecule has 0 aliphatic carbocycles. The molecule has 1 heterocycles. The van der Waals surface area contributed by atoms with Gasteiger partial charge in [0, 0.05) is 18.0 Å². The van der Waals surface area contributed by atoms with Gasteiger partial charge in [-0.25, -0.2) is 10.2 Å². The Morgan fingerprint density at radius 2 is 1.95 bits per heavy atom. The van der Waals surface area contributed by atoms with Crippen molar-refractivity contribution in [3.8, 4) is 5.69 Å². The zero-order chi connectivity index (χ0) is 16.1. The first-order chi connectivity index (χ1) is 10.5. The van der Waals surface area contributed by atoms with Crippen molar-refractivity contribution in [1.82, 2.24) is 20.6 Å². The lowest BCUT2D eigenvalue weighted by molar-refractivity contribution is -0.133. The van der Waals surface area contributed by atoms with Crippen LogP contribution in [0.5, 0.6) is 0 Å². The molecule has 8 heteroatoms. The molecule has 1 aromatic heterocycles. The van der Waals surface area contributed by atoms with E-state index in [1.54, 1.807) is 47.4 Å². The van der Waals surface area contributed by atoms with Gasteiger partial charge in [-0.1, -0.05) is 0 Å². The minimum atomic E-state index is -1.25. The maximum Gasteiger partial charge on any atom is 0.268 e. The van der Waals surface area contributed by atoms with Crippen LogP contribution in [0.3, 0.4) is 0 Å². The summed E-state index contributed by atoms with van der Waals surface area (Å²) in [5.41, 5.74) is 2.50. The molecule has 2 atom stereocenters. The largest absolute Gasteiger partial charge is 0.391 e. The number of rotatable bonds is 5. The van der Waals surface area contributed by atoms with Crippen LogP contribution < -0.4 is 10.8 Å². The zero-order valence-electron chi connectivity index (χ0n) is 11.8. The van der Waals surface area contributed by atoms with Gasteiger partial charge in [0.15, 0.2) is 0 Å². The van der Waals surface area contributed by atoms with Crippen LogP contribution in [0.25, 0.3) is 5.69 Å². The van der Waals surface area contributed by atoms with E-state index in [-0.39, 0.29) is 0 Å². The highest BCUT2D eigenvalue weighted by atomic mass is 16.5. The van der Waals surface area contributed by atoms with Gasteiger partial charge in [-0.3, -0.25) is 14.8 Å². The van der Waals surface area contributed by atoms with Crippen molar-refractivity contribution in [3.63, 3.8) is 0 Å². The molecule has 1 aromatic carbocycles. The number of amides is 2. The Bertz CT molecular complexity index is 637. The summed E-state index contributed by atoms with van der Waals surface area (Å²) < 4.78 is 1.64. The number of benzene rings is 1. The summed E-state index contributed by atoms with van der Waals surface area (Å²) in [5, 5.41) is 24.5.